The number of rotatable bonds is 17. The summed E-state index contributed by atoms with van der Waals surface area (Å²) in [5.41, 5.74) is 1.23. The van der Waals surface area contributed by atoms with Crippen LogP contribution >= 0.6 is 11.8 Å². The minimum Gasteiger partial charge on any atom is -0.492 e. The van der Waals surface area contributed by atoms with Crippen LogP contribution in [0.5, 0.6) is 5.75 Å². The Morgan fingerprint density at radius 3 is 2.34 bits per heavy atom. The van der Waals surface area contributed by atoms with Crippen LogP contribution in [0.2, 0.25) is 0 Å². The molecule has 3 aromatic carbocycles. The smallest absolute Gasteiger partial charge is 0.333 e. The van der Waals surface area contributed by atoms with E-state index in [1.54, 1.807) is 47.9 Å². The van der Waals surface area contributed by atoms with Crippen LogP contribution < -0.4 is 10.1 Å². The number of thioether (sulfide) groups is 1. The molecule has 0 heterocycles. The number of amides is 2. The first-order valence-electron chi connectivity index (χ1n) is 13.4. The van der Waals surface area contributed by atoms with Crippen LogP contribution in [-0.2, 0) is 16.0 Å². The summed E-state index contributed by atoms with van der Waals surface area (Å²) in [6.45, 7) is 3.18. The fourth-order valence-electron chi connectivity index (χ4n) is 3.92. The number of nitro benzene ring substituents is 1. The van der Waals surface area contributed by atoms with Gasteiger partial charge in [-0.2, -0.15) is 0 Å². The number of unbranched alkanes of at least 4 members (excludes halogenated alkanes) is 1. The number of nitrogens with zero attached hydrogens (tertiary/aromatic N) is 2. The van der Waals surface area contributed by atoms with Gasteiger partial charge in [-0.1, -0.05) is 30.3 Å². The van der Waals surface area contributed by atoms with Crippen molar-refractivity contribution < 1.29 is 29.1 Å². The van der Waals surface area contributed by atoms with Crippen LogP contribution in [-0.4, -0.2) is 65.1 Å². The molecule has 1 atom stereocenters. The van der Waals surface area contributed by atoms with Gasteiger partial charge in [0.1, 0.15) is 12.4 Å². The largest absolute Gasteiger partial charge is 0.492 e. The molecule has 0 saturated carbocycles. The molecule has 2 amide bonds. The fourth-order valence-corrected chi connectivity index (χ4v) is 4.86. The minimum atomic E-state index is -1.00. The Morgan fingerprint density at radius 2 is 1.71 bits per heavy atom. The number of anilines is 1. The number of carbonyl (C=O) groups excluding carboxylic acids is 1. The van der Waals surface area contributed by atoms with Crippen molar-refractivity contribution in [3.05, 3.63) is 94.5 Å². The van der Waals surface area contributed by atoms with Crippen molar-refractivity contribution in [3.63, 3.8) is 0 Å². The number of ether oxygens (including phenoxy) is 2. The normalized spacial score (nSPS) is 11.4. The zero-order chi connectivity index (χ0) is 29.5. The first-order valence-corrected chi connectivity index (χ1v) is 14.4. The molecule has 0 radical (unpaired) electrons. The minimum absolute atomic E-state index is 0.0495. The second kappa shape index (κ2) is 16.9. The number of non-ortho nitro benzene ring substituents is 1. The molecule has 3 rings (SSSR count). The molecule has 0 spiro atoms. The second-order valence-electron chi connectivity index (χ2n) is 9.07. The standard InChI is InChI=1S/C30H35N3O7S/c1-2-39-28(29(34)35)22-23-10-16-26(17-11-23)40-20-19-32(18-6-7-21-41-27-8-4-3-5-9-27)30(36)31-24-12-14-25(15-13-24)33(37)38/h3-5,8-17,28H,2,6-7,18-22H2,1H3,(H,31,36)(H,34,35). The molecule has 0 aliphatic rings. The van der Waals surface area contributed by atoms with Crippen molar-refractivity contribution >= 4 is 35.1 Å². The van der Waals surface area contributed by atoms with Crippen LogP contribution in [0.15, 0.2) is 83.8 Å². The molecule has 10 nitrogen and oxygen atoms in total. The number of benzene rings is 3. The Kier molecular flexibility index (Phi) is 12.9. The third-order valence-corrected chi connectivity index (χ3v) is 7.17. The lowest BCUT2D eigenvalue weighted by atomic mass is 10.1. The molecule has 11 heteroatoms. The van der Waals surface area contributed by atoms with E-state index in [2.05, 4.69) is 17.4 Å². The summed E-state index contributed by atoms with van der Waals surface area (Å²) in [5, 5.41) is 23.0. The molecule has 0 aliphatic heterocycles. The molecular formula is C30H35N3O7S. The summed E-state index contributed by atoms with van der Waals surface area (Å²) in [5.74, 6) is 0.529. The fraction of sp³-hybridized carbons (Fsp3) is 0.333. The lowest BCUT2D eigenvalue weighted by molar-refractivity contribution is -0.384. The van der Waals surface area contributed by atoms with E-state index in [-0.39, 0.29) is 24.7 Å². The maximum Gasteiger partial charge on any atom is 0.333 e. The van der Waals surface area contributed by atoms with E-state index in [1.807, 2.05) is 18.2 Å². The average Bonchev–Trinajstić information content (AvgIpc) is 2.97. The highest BCUT2D eigenvalue weighted by Crippen LogP contribution is 2.20. The molecule has 0 bridgehead atoms. The molecule has 2 N–H and O–H groups in total. The van der Waals surface area contributed by atoms with E-state index >= 15 is 0 Å². The Hall–Kier alpha value is -4.09. The van der Waals surface area contributed by atoms with Crippen molar-refractivity contribution in [3.8, 4) is 5.75 Å². The molecule has 0 fully saturated rings. The molecule has 3 aromatic rings. The number of carboxylic acids is 1. The van der Waals surface area contributed by atoms with Gasteiger partial charge >= 0.3 is 12.0 Å². The number of nitro groups is 1. The van der Waals surface area contributed by atoms with Gasteiger partial charge in [-0.25, -0.2) is 9.59 Å². The van der Waals surface area contributed by atoms with Crippen molar-refractivity contribution in [2.75, 3.05) is 37.4 Å². The highest BCUT2D eigenvalue weighted by molar-refractivity contribution is 7.99. The van der Waals surface area contributed by atoms with Gasteiger partial charge in [0.2, 0.25) is 0 Å². The zero-order valence-electron chi connectivity index (χ0n) is 22.9. The number of carboxylic acid groups (broad SMARTS) is 1. The van der Waals surface area contributed by atoms with E-state index in [9.17, 15) is 24.8 Å². The summed E-state index contributed by atoms with van der Waals surface area (Å²) in [6.07, 6.45) is 1.07. The monoisotopic (exact) mass is 581 g/mol. The van der Waals surface area contributed by atoms with Gasteiger partial charge in [0, 0.05) is 42.3 Å². The highest BCUT2D eigenvalue weighted by atomic mass is 32.2. The predicted octanol–water partition coefficient (Wildman–Crippen LogP) is 6.11. The summed E-state index contributed by atoms with van der Waals surface area (Å²) in [6, 6.07) is 22.7. The van der Waals surface area contributed by atoms with Gasteiger partial charge in [-0.3, -0.25) is 10.1 Å². The van der Waals surface area contributed by atoms with E-state index in [0.717, 1.165) is 24.2 Å². The summed E-state index contributed by atoms with van der Waals surface area (Å²) in [7, 11) is 0. The maximum absolute atomic E-state index is 13.1. The van der Waals surface area contributed by atoms with Gasteiger partial charge in [0.15, 0.2) is 6.10 Å². The van der Waals surface area contributed by atoms with Gasteiger partial charge in [-0.05, 0) is 67.5 Å². The topological polar surface area (TPSA) is 131 Å². The van der Waals surface area contributed by atoms with Gasteiger partial charge in [0.05, 0.1) is 11.5 Å². The Balaban J connectivity index is 1.53. The van der Waals surface area contributed by atoms with Gasteiger partial charge in [0.25, 0.3) is 5.69 Å². The van der Waals surface area contributed by atoms with E-state index in [4.69, 9.17) is 9.47 Å². The third-order valence-electron chi connectivity index (χ3n) is 6.07. The van der Waals surface area contributed by atoms with E-state index in [0.29, 0.717) is 31.1 Å². The lowest BCUT2D eigenvalue weighted by Crippen LogP contribution is -2.38. The van der Waals surface area contributed by atoms with Crippen molar-refractivity contribution in [2.45, 2.75) is 37.2 Å². The Morgan fingerprint density at radius 1 is 1.00 bits per heavy atom. The number of nitrogens with one attached hydrogen (secondary N) is 1. The van der Waals surface area contributed by atoms with Crippen LogP contribution in [0, 0.1) is 10.1 Å². The SMILES string of the molecule is CCOC(Cc1ccc(OCCN(CCCCSc2ccccc2)C(=O)Nc2ccc([N+](=O)[O-])cc2)cc1)C(=O)O. The number of urea groups is 1. The first-order chi connectivity index (χ1) is 19.9. The molecule has 1 unspecified atom stereocenters. The number of hydrogen-bond donors (Lipinski definition) is 2. The number of carbonyl (C=O) groups is 2. The summed E-state index contributed by atoms with van der Waals surface area (Å²) < 4.78 is 11.1. The van der Waals surface area contributed by atoms with Crippen LogP contribution in [0.4, 0.5) is 16.2 Å². The summed E-state index contributed by atoms with van der Waals surface area (Å²) in [4.78, 5) is 37.7. The molecule has 0 aliphatic carbocycles. The average molecular weight is 582 g/mol. The predicted molar refractivity (Wildman–Crippen MR) is 159 cm³/mol. The van der Waals surface area contributed by atoms with Crippen LogP contribution in [0.3, 0.4) is 0 Å². The van der Waals surface area contributed by atoms with Gasteiger partial charge in [-0.15, -0.1) is 11.8 Å². The first kappa shape index (κ1) is 31.4. The van der Waals surface area contributed by atoms with Crippen molar-refractivity contribution in [1.82, 2.24) is 4.90 Å². The molecule has 41 heavy (non-hydrogen) atoms. The molecular weight excluding hydrogens is 546 g/mol. The molecule has 218 valence electrons. The van der Waals surface area contributed by atoms with Crippen LogP contribution in [0.1, 0.15) is 25.3 Å². The van der Waals surface area contributed by atoms with Crippen molar-refractivity contribution in [1.29, 1.82) is 0 Å². The van der Waals surface area contributed by atoms with Crippen molar-refractivity contribution in [2.24, 2.45) is 0 Å². The Labute approximate surface area is 243 Å². The number of aliphatic carboxylic acids is 1. The Bertz CT molecular complexity index is 1240. The lowest BCUT2D eigenvalue weighted by Gasteiger charge is -2.23. The second-order valence-corrected chi connectivity index (χ2v) is 10.2. The molecule has 0 aromatic heterocycles. The quantitative estimate of drug-likeness (QED) is 0.0845. The van der Waals surface area contributed by atoms with Gasteiger partial charge < -0.3 is 24.8 Å². The zero-order valence-corrected chi connectivity index (χ0v) is 23.8. The summed E-state index contributed by atoms with van der Waals surface area (Å²) >= 11 is 1.77. The van der Waals surface area contributed by atoms with Crippen LogP contribution in [0.25, 0.3) is 0 Å². The van der Waals surface area contributed by atoms with E-state index < -0.39 is 17.0 Å². The highest BCUT2D eigenvalue weighted by Gasteiger charge is 2.18. The maximum atomic E-state index is 13.1. The number of hydrogen-bond acceptors (Lipinski definition) is 7. The van der Waals surface area contributed by atoms with E-state index in [1.165, 1.54) is 29.2 Å². The third kappa shape index (κ3) is 11.1. The molecule has 0 saturated heterocycles.